The number of nitrogens with zero attached hydrogens (tertiary/aromatic N) is 4. The van der Waals surface area contributed by atoms with Crippen molar-refractivity contribution in [1.29, 1.82) is 0 Å². The summed E-state index contributed by atoms with van der Waals surface area (Å²) in [6, 6.07) is 6.22. The summed E-state index contributed by atoms with van der Waals surface area (Å²) >= 11 is 0. The van der Waals surface area contributed by atoms with E-state index < -0.39 is 23.7 Å². The van der Waals surface area contributed by atoms with Crippen LogP contribution in [-0.4, -0.2) is 56.4 Å². The number of imidazole rings is 1. The zero-order chi connectivity index (χ0) is 27.4. The fourth-order valence-electron chi connectivity index (χ4n) is 4.48. The number of amides is 1. The number of aromatic nitrogens is 4. The van der Waals surface area contributed by atoms with Gasteiger partial charge in [0.05, 0.1) is 19.5 Å². The summed E-state index contributed by atoms with van der Waals surface area (Å²) in [7, 11) is 1.27. The molecule has 0 radical (unpaired) electrons. The normalized spacial score (nSPS) is 20.2. The lowest BCUT2D eigenvalue weighted by atomic mass is 10.0. The molecule has 11 nitrogen and oxygen atoms in total. The van der Waals surface area contributed by atoms with Crippen LogP contribution in [0.2, 0.25) is 0 Å². The molecule has 2 unspecified atom stereocenters. The van der Waals surface area contributed by atoms with E-state index >= 15 is 0 Å². The van der Waals surface area contributed by atoms with Crippen LogP contribution in [0.3, 0.4) is 0 Å². The van der Waals surface area contributed by atoms with E-state index in [0.717, 1.165) is 18.4 Å². The SMILES string of the molecule is CC[C@H]1O[C@@H](n2cnc3c(Oc4ccc(CC(NC(=O)OC(C)(C)C)C(=O)OC)cc4)ncnc32)CC1C. The van der Waals surface area contributed by atoms with Crippen molar-refractivity contribution >= 4 is 23.2 Å². The highest BCUT2D eigenvalue weighted by atomic mass is 16.6. The fourth-order valence-corrected chi connectivity index (χ4v) is 4.48. The number of benzene rings is 1. The standard InChI is InChI=1S/C27H35N5O6/c1-7-20-16(2)12-21(37-20)32-15-30-22-23(32)28-14-29-24(22)36-18-10-8-17(9-11-18)13-19(25(33)35-6)31-26(34)38-27(3,4)5/h8-11,14-16,19-21H,7,12-13H2,1-6H3,(H,31,34)/t16?,19?,20-,21-/m1/s1. The first kappa shape index (κ1) is 27.3. The number of fused-ring (bicyclic) bond motifs is 1. The number of hydrogen-bond acceptors (Lipinski definition) is 9. The maximum absolute atomic E-state index is 12.3. The van der Waals surface area contributed by atoms with E-state index in [2.05, 4.69) is 34.1 Å². The number of esters is 1. The van der Waals surface area contributed by atoms with Crippen LogP contribution in [-0.2, 0) is 25.4 Å². The van der Waals surface area contributed by atoms with Gasteiger partial charge in [-0.15, -0.1) is 0 Å². The Morgan fingerprint density at radius 3 is 2.55 bits per heavy atom. The van der Waals surface area contributed by atoms with Crippen molar-refractivity contribution in [3.05, 3.63) is 42.5 Å². The number of methoxy groups -OCH3 is 1. The summed E-state index contributed by atoms with van der Waals surface area (Å²) in [5.41, 5.74) is 1.29. The van der Waals surface area contributed by atoms with E-state index in [9.17, 15) is 9.59 Å². The van der Waals surface area contributed by atoms with Crippen molar-refractivity contribution in [3.8, 4) is 11.6 Å². The van der Waals surface area contributed by atoms with Crippen LogP contribution in [0.4, 0.5) is 4.79 Å². The lowest BCUT2D eigenvalue weighted by Crippen LogP contribution is -2.45. The van der Waals surface area contributed by atoms with Gasteiger partial charge in [-0.2, -0.15) is 4.98 Å². The molecule has 1 aliphatic rings. The van der Waals surface area contributed by atoms with E-state index in [1.165, 1.54) is 13.4 Å². The van der Waals surface area contributed by atoms with E-state index in [4.69, 9.17) is 18.9 Å². The Morgan fingerprint density at radius 1 is 1.18 bits per heavy atom. The minimum absolute atomic E-state index is 0.126. The Balaban J connectivity index is 1.45. The van der Waals surface area contributed by atoms with Gasteiger partial charge in [0.25, 0.3) is 5.88 Å². The van der Waals surface area contributed by atoms with E-state index in [1.807, 2.05) is 4.57 Å². The quantitative estimate of drug-likeness (QED) is 0.421. The molecule has 2 aromatic heterocycles. The number of rotatable bonds is 8. The number of alkyl carbamates (subject to hydrolysis) is 1. The zero-order valence-electron chi connectivity index (χ0n) is 22.6. The molecule has 4 rings (SSSR count). The van der Waals surface area contributed by atoms with Crippen molar-refractivity contribution in [1.82, 2.24) is 24.8 Å². The minimum Gasteiger partial charge on any atom is -0.467 e. The highest BCUT2D eigenvalue weighted by molar-refractivity contribution is 5.81. The molecule has 4 atom stereocenters. The molecule has 1 fully saturated rings. The lowest BCUT2D eigenvalue weighted by molar-refractivity contribution is -0.143. The Hall–Kier alpha value is -3.73. The molecule has 1 saturated heterocycles. The van der Waals surface area contributed by atoms with Gasteiger partial charge in [-0.1, -0.05) is 26.0 Å². The van der Waals surface area contributed by atoms with Crippen molar-refractivity contribution in [2.24, 2.45) is 5.92 Å². The molecule has 204 valence electrons. The summed E-state index contributed by atoms with van der Waals surface area (Å²) in [4.78, 5) is 37.6. The molecule has 3 heterocycles. The molecule has 1 aliphatic heterocycles. The first-order valence-electron chi connectivity index (χ1n) is 12.7. The lowest BCUT2D eigenvalue weighted by Gasteiger charge is -2.22. The summed E-state index contributed by atoms with van der Waals surface area (Å²) in [6.45, 7) is 9.57. The Morgan fingerprint density at radius 2 is 1.92 bits per heavy atom. The molecule has 38 heavy (non-hydrogen) atoms. The number of ether oxygens (including phenoxy) is 4. The highest BCUT2D eigenvalue weighted by Gasteiger charge is 2.33. The molecule has 0 spiro atoms. The Kier molecular flexibility index (Phi) is 8.15. The third-order valence-electron chi connectivity index (χ3n) is 6.33. The predicted molar refractivity (Wildman–Crippen MR) is 139 cm³/mol. The van der Waals surface area contributed by atoms with E-state index in [0.29, 0.717) is 28.7 Å². The van der Waals surface area contributed by atoms with Gasteiger partial charge in [0.2, 0.25) is 0 Å². The maximum atomic E-state index is 12.3. The van der Waals surface area contributed by atoms with Gasteiger partial charge >= 0.3 is 12.1 Å². The number of carbonyl (C=O) groups is 2. The number of hydrogen-bond donors (Lipinski definition) is 1. The molecule has 1 N–H and O–H groups in total. The largest absolute Gasteiger partial charge is 0.467 e. The van der Waals surface area contributed by atoms with Crippen LogP contribution in [0.25, 0.3) is 11.2 Å². The monoisotopic (exact) mass is 525 g/mol. The second kappa shape index (κ2) is 11.3. The van der Waals surface area contributed by atoms with Crippen LogP contribution in [0.15, 0.2) is 36.9 Å². The average Bonchev–Trinajstić information content (AvgIpc) is 3.46. The van der Waals surface area contributed by atoms with Gasteiger partial charge in [0, 0.05) is 6.42 Å². The summed E-state index contributed by atoms with van der Waals surface area (Å²) in [6.07, 6.45) is 4.63. The third-order valence-corrected chi connectivity index (χ3v) is 6.33. The van der Waals surface area contributed by atoms with Crippen LogP contribution in [0.5, 0.6) is 11.6 Å². The fraction of sp³-hybridized carbons (Fsp3) is 0.519. The predicted octanol–water partition coefficient (Wildman–Crippen LogP) is 4.56. The first-order chi connectivity index (χ1) is 18.1. The van der Waals surface area contributed by atoms with Crippen molar-refractivity contribution < 1.29 is 28.5 Å². The molecule has 0 bridgehead atoms. The van der Waals surface area contributed by atoms with Gasteiger partial charge in [-0.3, -0.25) is 4.57 Å². The molecule has 1 amide bonds. The molecule has 1 aromatic carbocycles. The Bertz CT molecular complexity index is 1270. The molecule has 0 aliphatic carbocycles. The summed E-state index contributed by atoms with van der Waals surface area (Å²) in [5.74, 6) is 0.756. The summed E-state index contributed by atoms with van der Waals surface area (Å²) < 4.78 is 24.3. The second-order valence-electron chi connectivity index (χ2n) is 10.4. The van der Waals surface area contributed by atoms with Gasteiger partial charge in [0.1, 0.15) is 29.9 Å². The molecule has 11 heteroatoms. The number of carbonyl (C=O) groups excluding carboxylic acids is 2. The van der Waals surface area contributed by atoms with Gasteiger partial charge in [0.15, 0.2) is 11.2 Å². The number of nitrogens with one attached hydrogen (secondary N) is 1. The third kappa shape index (κ3) is 6.39. The Labute approximate surface area is 221 Å². The summed E-state index contributed by atoms with van der Waals surface area (Å²) in [5, 5.41) is 2.58. The average molecular weight is 526 g/mol. The van der Waals surface area contributed by atoms with Crippen LogP contribution in [0.1, 0.15) is 59.3 Å². The van der Waals surface area contributed by atoms with E-state index in [-0.39, 0.29) is 18.8 Å². The molecular weight excluding hydrogens is 490 g/mol. The minimum atomic E-state index is -0.903. The van der Waals surface area contributed by atoms with Crippen molar-refractivity contribution in [2.45, 2.75) is 77.9 Å². The van der Waals surface area contributed by atoms with Crippen LogP contribution >= 0.6 is 0 Å². The zero-order valence-corrected chi connectivity index (χ0v) is 22.6. The highest BCUT2D eigenvalue weighted by Crippen LogP contribution is 2.37. The van der Waals surface area contributed by atoms with Crippen molar-refractivity contribution in [2.75, 3.05) is 7.11 Å². The molecular formula is C27H35N5O6. The second-order valence-corrected chi connectivity index (χ2v) is 10.4. The maximum Gasteiger partial charge on any atom is 0.408 e. The smallest absolute Gasteiger partial charge is 0.408 e. The van der Waals surface area contributed by atoms with Gasteiger partial charge < -0.3 is 24.3 Å². The van der Waals surface area contributed by atoms with E-state index in [1.54, 1.807) is 51.4 Å². The van der Waals surface area contributed by atoms with Crippen LogP contribution in [0, 0.1) is 5.92 Å². The first-order valence-corrected chi connectivity index (χ1v) is 12.7. The molecule has 0 saturated carbocycles. The topological polar surface area (TPSA) is 127 Å². The van der Waals surface area contributed by atoms with Gasteiger partial charge in [-0.25, -0.2) is 19.6 Å². The van der Waals surface area contributed by atoms with Crippen molar-refractivity contribution in [3.63, 3.8) is 0 Å². The molecule has 3 aromatic rings. The van der Waals surface area contributed by atoms with Crippen LogP contribution < -0.4 is 10.1 Å². The van der Waals surface area contributed by atoms with Gasteiger partial charge in [-0.05, 0) is 57.2 Å².